The number of hydrogen-bond acceptors (Lipinski definition) is 8. The fourth-order valence-electron chi connectivity index (χ4n) is 4.12. The number of aromatic nitrogens is 1. The number of aromatic hydroxyl groups is 1. The average molecular weight is 485 g/mol. The van der Waals surface area contributed by atoms with Gasteiger partial charge in [-0.2, -0.15) is 5.26 Å². The molecule has 0 atom stereocenters. The van der Waals surface area contributed by atoms with E-state index in [0.29, 0.717) is 18.6 Å². The Balaban J connectivity index is 1.76. The molecule has 1 aromatic heterocycles. The maximum atomic E-state index is 13.2. The maximum Gasteiger partial charge on any atom is 0.281 e. The Labute approximate surface area is 207 Å². The van der Waals surface area contributed by atoms with E-state index in [1.807, 2.05) is 19.9 Å². The summed E-state index contributed by atoms with van der Waals surface area (Å²) in [5, 5.41) is 28.4. The molecule has 1 aliphatic rings. The van der Waals surface area contributed by atoms with Crippen molar-refractivity contribution in [2.45, 2.75) is 39.8 Å². The van der Waals surface area contributed by atoms with Crippen LogP contribution < -0.4 is 5.56 Å². The number of nitriles is 1. The summed E-state index contributed by atoms with van der Waals surface area (Å²) in [5.41, 5.74) is 0.335. The lowest BCUT2D eigenvalue weighted by Crippen LogP contribution is -2.23. The summed E-state index contributed by atoms with van der Waals surface area (Å²) in [6.07, 6.45) is 0.448. The molecule has 0 aliphatic heterocycles. The van der Waals surface area contributed by atoms with E-state index in [1.54, 1.807) is 36.4 Å². The smallest absolute Gasteiger partial charge is 0.281 e. The van der Waals surface area contributed by atoms with Gasteiger partial charge in [-0.1, -0.05) is 36.4 Å². The van der Waals surface area contributed by atoms with E-state index in [-0.39, 0.29) is 63.4 Å². The van der Waals surface area contributed by atoms with Crippen LogP contribution in [0.15, 0.2) is 57.5 Å². The zero-order valence-electron chi connectivity index (χ0n) is 20.1. The molecule has 4 rings (SSSR count). The minimum atomic E-state index is -0.630. The first-order chi connectivity index (χ1) is 17.3. The minimum absolute atomic E-state index is 0.0192. The van der Waals surface area contributed by atoms with Crippen molar-refractivity contribution in [3.63, 3.8) is 0 Å². The van der Waals surface area contributed by atoms with Crippen molar-refractivity contribution in [3.8, 4) is 11.9 Å². The number of ether oxygens (including phenoxy) is 1. The monoisotopic (exact) mass is 484 g/mol. The molecule has 0 unspecified atom stereocenters. The highest BCUT2D eigenvalue weighted by molar-refractivity contribution is 6.29. The zero-order valence-corrected chi connectivity index (χ0v) is 20.1. The summed E-state index contributed by atoms with van der Waals surface area (Å²) >= 11 is 0. The molecule has 0 bridgehead atoms. The first kappa shape index (κ1) is 24.7. The van der Waals surface area contributed by atoms with E-state index in [4.69, 9.17) is 4.74 Å². The van der Waals surface area contributed by atoms with E-state index in [2.05, 4.69) is 10.2 Å². The number of fused-ring (bicyclic) bond motifs is 2. The number of carbonyl (C=O) groups is 2. The van der Waals surface area contributed by atoms with Crippen molar-refractivity contribution >= 4 is 22.9 Å². The summed E-state index contributed by atoms with van der Waals surface area (Å²) < 4.78 is 6.56. The number of pyridine rings is 1. The van der Waals surface area contributed by atoms with Crippen molar-refractivity contribution in [2.24, 2.45) is 10.2 Å². The van der Waals surface area contributed by atoms with Gasteiger partial charge in [0.1, 0.15) is 11.6 Å². The highest BCUT2D eigenvalue weighted by atomic mass is 16.5. The Morgan fingerprint density at radius 3 is 2.33 bits per heavy atom. The minimum Gasteiger partial charge on any atom is -0.493 e. The molecule has 182 valence electrons. The molecule has 0 saturated heterocycles. The van der Waals surface area contributed by atoms with Crippen LogP contribution in [0.2, 0.25) is 0 Å². The van der Waals surface area contributed by atoms with Crippen LogP contribution in [-0.2, 0) is 11.3 Å². The second-order valence-electron chi connectivity index (χ2n) is 8.62. The number of benzene rings is 2. The van der Waals surface area contributed by atoms with E-state index >= 15 is 0 Å². The van der Waals surface area contributed by atoms with Crippen LogP contribution in [0.4, 0.5) is 11.4 Å². The van der Waals surface area contributed by atoms with E-state index in [1.165, 1.54) is 13.0 Å². The molecule has 36 heavy (non-hydrogen) atoms. The summed E-state index contributed by atoms with van der Waals surface area (Å²) in [6.45, 7) is 5.75. The van der Waals surface area contributed by atoms with Gasteiger partial charge in [-0.15, -0.1) is 10.2 Å². The summed E-state index contributed by atoms with van der Waals surface area (Å²) in [5.74, 6) is -1.11. The molecule has 0 radical (unpaired) electrons. The molecule has 2 aromatic carbocycles. The van der Waals surface area contributed by atoms with Gasteiger partial charge in [-0.3, -0.25) is 19.0 Å². The van der Waals surface area contributed by atoms with Gasteiger partial charge in [-0.05, 0) is 33.3 Å². The van der Waals surface area contributed by atoms with Crippen LogP contribution in [0.1, 0.15) is 63.2 Å². The lowest BCUT2D eigenvalue weighted by Gasteiger charge is -2.18. The number of hydrogen-bond donors (Lipinski definition) is 1. The van der Waals surface area contributed by atoms with Gasteiger partial charge in [-0.25, -0.2) is 0 Å². The molecular weight excluding hydrogens is 460 g/mol. The number of azo groups is 1. The quantitative estimate of drug-likeness (QED) is 0.297. The lowest BCUT2D eigenvalue weighted by molar-refractivity contribution is 0.0744. The summed E-state index contributed by atoms with van der Waals surface area (Å²) in [7, 11) is 0. The molecule has 9 nitrogen and oxygen atoms in total. The molecule has 0 spiro atoms. The molecule has 3 aromatic rings. The molecule has 1 N–H and O–H groups in total. The molecule has 0 fully saturated rings. The Kier molecular flexibility index (Phi) is 6.90. The van der Waals surface area contributed by atoms with Gasteiger partial charge < -0.3 is 9.84 Å². The Hall–Kier alpha value is -4.42. The van der Waals surface area contributed by atoms with Crippen LogP contribution in [0.3, 0.4) is 0 Å². The molecule has 1 heterocycles. The highest BCUT2D eigenvalue weighted by Crippen LogP contribution is 2.34. The summed E-state index contributed by atoms with van der Waals surface area (Å²) in [6, 6.07) is 13.1. The largest absolute Gasteiger partial charge is 0.493 e. The van der Waals surface area contributed by atoms with Gasteiger partial charge in [0.15, 0.2) is 17.3 Å². The van der Waals surface area contributed by atoms with Crippen molar-refractivity contribution in [2.75, 3.05) is 6.61 Å². The van der Waals surface area contributed by atoms with Crippen LogP contribution in [-0.4, -0.2) is 34.0 Å². The molecule has 9 heteroatoms. The highest BCUT2D eigenvalue weighted by Gasteiger charge is 2.31. The van der Waals surface area contributed by atoms with Gasteiger partial charge >= 0.3 is 0 Å². The van der Waals surface area contributed by atoms with E-state index < -0.39 is 11.4 Å². The van der Waals surface area contributed by atoms with Crippen molar-refractivity contribution in [1.82, 2.24) is 4.57 Å². The Bertz CT molecular complexity index is 1510. The molecule has 0 saturated carbocycles. The second-order valence-corrected chi connectivity index (χ2v) is 8.62. The predicted molar refractivity (Wildman–Crippen MR) is 131 cm³/mol. The lowest BCUT2D eigenvalue weighted by atomic mass is 9.83. The molecule has 0 amide bonds. The SMILES string of the molecule is Cc1c(C#N)c(O)n(CCCOC(C)C)c(=O)c1N=Nc1cccc2c1C(=O)c1ccccc1C2=O. The van der Waals surface area contributed by atoms with Crippen LogP contribution >= 0.6 is 0 Å². The molecular formula is C27H24N4O5. The van der Waals surface area contributed by atoms with E-state index in [0.717, 1.165) is 4.57 Å². The fraction of sp³-hybridized carbons (Fsp3) is 0.259. The Morgan fingerprint density at radius 2 is 1.67 bits per heavy atom. The maximum absolute atomic E-state index is 13.2. The fourth-order valence-corrected chi connectivity index (χ4v) is 4.12. The van der Waals surface area contributed by atoms with Crippen molar-refractivity contribution in [3.05, 3.63) is 86.2 Å². The number of nitrogens with zero attached hydrogens (tertiary/aromatic N) is 4. The first-order valence-electron chi connectivity index (χ1n) is 11.5. The third-order valence-electron chi connectivity index (χ3n) is 5.93. The van der Waals surface area contributed by atoms with Crippen LogP contribution in [0.25, 0.3) is 0 Å². The van der Waals surface area contributed by atoms with Gasteiger partial charge in [0.05, 0.1) is 17.4 Å². The third-order valence-corrected chi connectivity index (χ3v) is 5.93. The normalized spacial score (nSPS) is 12.6. The standard InChI is InChI=1S/C27H24N4O5/c1-15(2)36-13-7-12-31-26(34)20(14-28)16(3)23(27(31)35)30-29-21-11-6-10-19-22(21)25(33)18-9-5-4-8-17(18)24(19)32/h4-6,8-11,15,34H,7,12-13H2,1-3H3. The second kappa shape index (κ2) is 10.1. The zero-order chi connectivity index (χ0) is 26.0. The van der Waals surface area contributed by atoms with Gasteiger partial charge in [0.25, 0.3) is 5.56 Å². The number of rotatable bonds is 7. The average Bonchev–Trinajstić information content (AvgIpc) is 2.86. The predicted octanol–water partition coefficient (Wildman–Crippen LogP) is 4.74. The van der Waals surface area contributed by atoms with Crippen LogP contribution in [0.5, 0.6) is 5.88 Å². The number of carbonyl (C=O) groups excluding carboxylic acids is 2. The summed E-state index contributed by atoms with van der Waals surface area (Å²) in [4.78, 5) is 39.3. The van der Waals surface area contributed by atoms with Crippen molar-refractivity contribution in [1.29, 1.82) is 5.26 Å². The topological polar surface area (TPSA) is 134 Å². The Morgan fingerprint density at radius 1 is 1.00 bits per heavy atom. The van der Waals surface area contributed by atoms with Gasteiger partial charge in [0.2, 0.25) is 5.88 Å². The first-order valence-corrected chi connectivity index (χ1v) is 11.5. The van der Waals surface area contributed by atoms with E-state index in [9.17, 15) is 24.8 Å². The van der Waals surface area contributed by atoms with Gasteiger partial charge in [0, 0.05) is 35.4 Å². The van der Waals surface area contributed by atoms with Crippen molar-refractivity contribution < 1.29 is 19.4 Å². The molecule has 1 aliphatic carbocycles. The number of ketones is 2. The third kappa shape index (κ3) is 4.34. The van der Waals surface area contributed by atoms with Crippen LogP contribution in [0, 0.1) is 18.3 Å².